The van der Waals surface area contributed by atoms with E-state index in [0.717, 1.165) is 11.5 Å². The SMILES string of the molecule is C[P@@](c1cc2c(cc1[P@](C)C(C)(C)CC(C)(C)C)OCO2)C(C)(C)CC(C)(C)C. The first-order valence-corrected chi connectivity index (χ1v) is 14.4. The van der Waals surface area contributed by atoms with Crippen LogP contribution < -0.4 is 20.1 Å². The van der Waals surface area contributed by atoms with Crippen LogP contribution in [0, 0.1) is 10.8 Å². The molecular formula is C25H44O2P2. The fourth-order valence-corrected chi connectivity index (χ4v) is 10.0. The molecule has 2 nitrogen and oxygen atoms in total. The molecule has 0 bridgehead atoms. The normalized spacial score (nSPS) is 17.4. The molecule has 2 atom stereocenters. The van der Waals surface area contributed by atoms with Gasteiger partial charge in [0.1, 0.15) is 0 Å². The fraction of sp³-hybridized carbons (Fsp3) is 0.760. The van der Waals surface area contributed by atoms with Crippen LogP contribution in [0.3, 0.4) is 0 Å². The van der Waals surface area contributed by atoms with E-state index in [9.17, 15) is 0 Å². The first kappa shape index (κ1) is 24.9. The van der Waals surface area contributed by atoms with Gasteiger partial charge in [0.2, 0.25) is 6.79 Å². The molecule has 1 aliphatic heterocycles. The Hall–Kier alpha value is -0.320. The lowest BCUT2D eigenvalue weighted by atomic mass is 9.86. The van der Waals surface area contributed by atoms with Crippen molar-refractivity contribution in [3.63, 3.8) is 0 Å². The number of ether oxygens (including phenoxy) is 2. The Morgan fingerprint density at radius 2 is 0.966 bits per heavy atom. The van der Waals surface area contributed by atoms with Crippen LogP contribution in [0.4, 0.5) is 0 Å². The summed E-state index contributed by atoms with van der Waals surface area (Å²) in [6.07, 6.45) is 2.42. The number of fused-ring (bicyclic) bond motifs is 1. The zero-order valence-electron chi connectivity index (χ0n) is 21.0. The third-order valence-electron chi connectivity index (χ3n) is 5.93. The Balaban J connectivity index is 2.53. The third-order valence-corrected chi connectivity index (χ3v) is 12.2. The van der Waals surface area contributed by atoms with Crippen LogP contribution in [0.2, 0.25) is 0 Å². The molecule has 0 saturated carbocycles. The van der Waals surface area contributed by atoms with E-state index in [0.29, 0.717) is 17.6 Å². The van der Waals surface area contributed by atoms with E-state index in [4.69, 9.17) is 9.47 Å². The quantitative estimate of drug-likeness (QED) is 0.433. The molecule has 166 valence electrons. The third kappa shape index (κ3) is 6.33. The van der Waals surface area contributed by atoms with Crippen molar-refractivity contribution in [1.82, 2.24) is 0 Å². The lowest BCUT2D eigenvalue weighted by Gasteiger charge is -2.42. The molecule has 0 saturated heterocycles. The molecule has 1 aromatic carbocycles. The molecule has 1 heterocycles. The van der Waals surface area contributed by atoms with E-state index >= 15 is 0 Å². The maximum atomic E-state index is 5.80. The summed E-state index contributed by atoms with van der Waals surface area (Å²) in [5.41, 5.74) is 0.637. The van der Waals surface area contributed by atoms with Crippen LogP contribution in [-0.2, 0) is 0 Å². The Morgan fingerprint density at radius 3 is 1.24 bits per heavy atom. The Bertz CT molecular complexity index is 663. The van der Waals surface area contributed by atoms with Crippen molar-refractivity contribution in [1.29, 1.82) is 0 Å². The highest BCUT2D eigenvalue weighted by atomic mass is 31.1. The summed E-state index contributed by atoms with van der Waals surface area (Å²) < 4.78 is 11.6. The molecule has 0 amide bonds. The van der Waals surface area contributed by atoms with Gasteiger partial charge in [-0.2, -0.15) is 0 Å². The number of rotatable bonds is 6. The molecule has 0 radical (unpaired) electrons. The molecule has 0 unspecified atom stereocenters. The average molecular weight is 439 g/mol. The van der Waals surface area contributed by atoms with Crippen LogP contribution in [0.1, 0.15) is 82.1 Å². The standard InChI is InChI=1S/C25H44O2P2/c1-22(2,3)15-24(7,8)28(11)20-13-18-19(27-17-26-18)14-21(20)29(12)25(9,10)16-23(4,5)6/h13-14H,15-17H2,1-12H3/t28-,29-/m0/s1. The summed E-state index contributed by atoms with van der Waals surface area (Å²) in [5, 5.41) is 3.57. The Morgan fingerprint density at radius 1 is 0.655 bits per heavy atom. The minimum absolute atomic E-state index is 0.264. The summed E-state index contributed by atoms with van der Waals surface area (Å²) in [4.78, 5) is 0. The predicted molar refractivity (Wildman–Crippen MR) is 134 cm³/mol. The van der Waals surface area contributed by atoms with E-state index in [1.807, 2.05) is 0 Å². The van der Waals surface area contributed by atoms with E-state index in [2.05, 4.69) is 94.7 Å². The summed E-state index contributed by atoms with van der Waals surface area (Å²) in [7, 11) is -0.685. The molecule has 4 heteroatoms. The molecule has 1 aromatic rings. The van der Waals surface area contributed by atoms with Gasteiger partial charge >= 0.3 is 0 Å². The van der Waals surface area contributed by atoms with Crippen molar-refractivity contribution in [2.24, 2.45) is 10.8 Å². The van der Waals surface area contributed by atoms with Crippen LogP contribution in [0.15, 0.2) is 12.1 Å². The van der Waals surface area contributed by atoms with E-state index in [1.54, 1.807) is 0 Å². The lowest BCUT2D eigenvalue weighted by Crippen LogP contribution is -2.37. The van der Waals surface area contributed by atoms with Crippen molar-refractivity contribution in [3.8, 4) is 11.5 Å². The second kappa shape index (κ2) is 8.31. The van der Waals surface area contributed by atoms with Crippen LogP contribution in [0.5, 0.6) is 11.5 Å². The van der Waals surface area contributed by atoms with Gasteiger partial charge in [-0.1, -0.05) is 85.1 Å². The van der Waals surface area contributed by atoms with Crippen LogP contribution in [-0.4, -0.2) is 30.4 Å². The topological polar surface area (TPSA) is 18.5 Å². The van der Waals surface area contributed by atoms with Crippen molar-refractivity contribution in [2.75, 3.05) is 20.1 Å². The van der Waals surface area contributed by atoms with E-state index < -0.39 is 0 Å². The largest absolute Gasteiger partial charge is 0.454 e. The highest BCUT2D eigenvalue weighted by molar-refractivity contribution is 7.72. The minimum atomic E-state index is -0.343. The van der Waals surface area contributed by atoms with Crippen molar-refractivity contribution in [3.05, 3.63) is 12.1 Å². The van der Waals surface area contributed by atoms with Gasteiger partial charge in [-0.25, -0.2) is 0 Å². The van der Waals surface area contributed by atoms with Gasteiger partial charge in [0.05, 0.1) is 0 Å². The fourth-order valence-electron chi connectivity index (χ4n) is 4.94. The summed E-state index contributed by atoms with van der Waals surface area (Å²) >= 11 is 0. The summed E-state index contributed by atoms with van der Waals surface area (Å²) in [5.74, 6) is 1.86. The van der Waals surface area contributed by atoms with Crippen molar-refractivity contribution >= 4 is 26.5 Å². The van der Waals surface area contributed by atoms with Crippen molar-refractivity contribution in [2.45, 2.75) is 92.4 Å². The smallest absolute Gasteiger partial charge is 0.231 e. The molecule has 1 aliphatic rings. The maximum Gasteiger partial charge on any atom is 0.231 e. The molecule has 0 spiro atoms. The van der Waals surface area contributed by atoms with Crippen LogP contribution in [0.25, 0.3) is 0 Å². The monoisotopic (exact) mass is 438 g/mol. The molecule has 0 aromatic heterocycles. The van der Waals surface area contributed by atoms with Gasteiger partial charge in [0, 0.05) is 0 Å². The minimum Gasteiger partial charge on any atom is -0.454 e. The van der Waals surface area contributed by atoms with Gasteiger partial charge in [-0.05, 0) is 70.1 Å². The van der Waals surface area contributed by atoms with E-state index in [-0.39, 0.29) is 26.2 Å². The summed E-state index contributed by atoms with van der Waals surface area (Å²) in [6, 6.07) is 4.64. The summed E-state index contributed by atoms with van der Waals surface area (Å²) in [6.45, 7) is 29.3. The number of hydrogen-bond donors (Lipinski definition) is 0. The Kier molecular flexibility index (Phi) is 7.15. The molecule has 0 aliphatic carbocycles. The lowest BCUT2D eigenvalue weighted by molar-refractivity contribution is 0.174. The van der Waals surface area contributed by atoms with Crippen molar-refractivity contribution < 1.29 is 9.47 Å². The van der Waals surface area contributed by atoms with E-state index in [1.165, 1.54) is 23.5 Å². The average Bonchev–Trinajstić information content (AvgIpc) is 2.94. The zero-order valence-corrected chi connectivity index (χ0v) is 22.8. The molecule has 29 heavy (non-hydrogen) atoms. The molecule has 0 fully saturated rings. The zero-order chi connectivity index (χ0) is 22.4. The first-order valence-electron chi connectivity index (χ1n) is 10.8. The Labute approximate surface area is 183 Å². The van der Waals surface area contributed by atoms with Gasteiger partial charge in [-0.3, -0.25) is 0 Å². The molecule has 2 rings (SSSR count). The highest BCUT2D eigenvalue weighted by Crippen LogP contribution is 2.56. The highest BCUT2D eigenvalue weighted by Gasteiger charge is 2.38. The van der Waals surface area contributed by atoms with Crippen LogP contribution >= 0.6 is 15.8 Å². The van der Waals surface area contributed by atoms with Gasteiger partial charge in [-0.15, -0.1) is 0 Å². The second-order valence-electron chi connectivity index (χ2n) is 12.4. The number of benzene rings is 1. The predicted octanol–water partition coefficient (Wildman–Crippen LogP) is 7.32. The van der Waals surface area contributed by atoms with Gasteiger partial charge in [0.25, 0.3) is 0 Å². The first-order chi connectivity index (χ1) is 12.9. The number of hydrogen-bond acceptors (Lipinski definition) is 2. The maximum absolute atomic E-state index is 5.80. The van der Waals surface area contributed by atoms with Gasteiger partial charge in [0.15, 0.2) is 11.5 Å². The molecular weight excluding hydrogens is 394 g/mol. The second-order valence-corrected chi connectivity index (χ2v) is 18.0. The molecule has 0 N–H and O–H groups in total. The van der Waals surface area contributed by atoms with Gasteiger partial charge < -0.3 is 9.47 Å².